The van der Waals surface area contributed by atoms with Gasteiger partial charge in [0.2, 0.25) is 5.91 Å². The number of likely N-dealkylation sites (tertiary alicyclic amines) is 1. The van der Waals surface area contributed by atoms with E-state index in [0.717, 1.165) is 6.42 Å². The number of carbonyl (C=O) groups is 5. The molecule has 0 spiro atoms. The number of ether oxygens (including phenoxy) is 4. The molecule has 1 fully saturated rings. The van der Waals surface area contributed by atoms with Crippen LogP contribution in [-0.4, -0.2) is 85.9 Å². The fourth-order valence-electron chi connectivity index (χ4n) is 4.03. The zero-order valence-corrected chi connectivity index (χ0v) is 22.1. The summed E-state index contributed by atoms with van der Waals surface area (Å²) >= 11 is 0. The molecule has 206 valence electrons. The van der Waals surface area contributed by atoms with Gasteiger partial charge in [0, 0.05) is 26.1 Å². The van der Waals surface area contributed by atoms with Crippen molar-refractivity contribution in [2.24, 2.45) is 10.8 Å². The summed E-state index contributed by atoms with van der Waals surface area (Å²) in [5.41, 5.74) is -1.87. The van der Waals surface area contributed by atoms with Crippen LogP contribution in [0.1, 0.15) is 72.6 Å². The van der Waals surface area contributed by atoms with Crippen LogP contribution in [0.4, 0.5) is 0 Å². The highest BCUT2D eigenvalue weighted by molar-refractivity contribution is 5.80. The second-order valence-electron chi connectivity index (χ2n) is 10.1. The maximum Gasteiger partial charge on any atom is 0.311 e. The van der Waals surface area contributed by atoms with Crippen molar-refractivity contribution in [3.05, 3.63) is 0 Å². The molecule has 1 N–H and O–H groups in total. The summed E-state index contributed by atoms with van der Waals surface area (Å²) in [5, 5.41) is 8.58. The molecule has 0 saturated carbocycles. The molecular weight excluding hydrogens is 474 g/mol. The second kappa shape index (κ2) is 14.8. The molecule has 2 unspecified atom stereocenters. The number of esters is 3. The van der Waals surface area contributed by atoms with Crippen molar-refractivity contribution in [1.82, 2.24) is 4.90 Å². The second-order valence-corrected chi connectivity index (χ2v) is 10.1. The topological polar surface area (TPSA) is 146 Å². The Labute approximate surface area is 212 Å². The highest BCUT2D eigenvalue weighted by atomic mass is 16.6. The average Bonchev–Trinajstić information content (AvgIpc) is 3.25. The van der Waals surface area contributed by atoms with Crippen LogP contribution in [0.3, 0.4) is 0 Å². The first-order valence-corrected chi connectivity index (χ1v) is 12.3. The van der Waals surface area contributed by atoms with E-state index in [-0.39, 0.29) is 51.2 Å². The van der Waals surface area contributed by atoms with E-state index in [9.17, 15) is 24.0 Å². The Morgan fingerprint density at radius 3 is 2.14 bits per heavy atom. The number of carbonyl (C=O) groups excluding carboxylic acids is 4. The molecule has 2 atom stereocenters. The molecule has 0 aromatic carbocycles. The summed E-state index contributed by atoms with van der Waals surface area (Å²) in [7, 11) is 1.51. The van der Waals surface area contributed by atoms with E-state index in [1.54, 1.807) is 25.7 Å². The zero-order chi connectivity index (χ0) is 27.4. The molecule has 36 heavy (non-hydrogen) atoms. The van der Waals surface area contributed by atoms with Crippen LogP contribution < -0.4 is 0 Å². The Morgan fingerprint density at radius 1 is 0.944 bits per heavy atom. The normalized spacial score (nSPS) is 16.2. The van der Waals surface area contributed by atoms with Crippen LogP contribution in [0.25, 0.3) is 0 Å². The van der Waals surface area contributed by atoms with Gasteiger partial charge in [-0.15, -0.1) is 0 Å². The number of carboxylic acid groups (broad SMARTS) is 1. The lowest BCUT2D eigenvalue weighted by Crippen LogP contribution is -2.42. The fraction of sp³-hybridized carbons (Fsp3) is 0.800. The van der Waals surface area contributed by atoms with Gasteiger partial charge in [0.15, 0.2) is 0 Å². The van der Waals surface area contributed by atoms with Crippen molar-refractivity contribution in [1.29, 1.82) is 0 Å². The summed E-state index contributed by atoms with van der Waals surface area (Å²) in [5.74, 6) is -2.63. The number of methoxy groups -OCH3 is 1. The van der Waals surface area contributed by atoms with E-state index in [0.29, 0.717) is 32.2 Å². The molecular formula is C25H41NO10. The maximum absolute atomic E-state index is 13.0. The van der Waals surface area contributed by atoms with Crippen molar-refractivity contribution in [3.8, 4) is 0 Å². The van der Waals surface area contributed by atoms with Crippen molar-refractivity contribution < 1.29 is 48.0 Å². The predicted molar refractivity (Wildman–Crippen MR) is 128 cm³/mol. The third-order valence-electron chi connectivity index (χ3n) is 6.38. The lowest BCUT2D eigenvalue weighted by atomic mass is 9.74. The molecule has 1 aliphatic rings. The molecule has 1 saturated heterocycles. The van der Waals surface area contributed by atoms with E-state index in [1.165, 1.54) is 7.11 Å². The van der Waals surface area contributed by atoms with E-state index in [2.05, 4.69) is 0 Å². The van der Waals surface area contributed by atoms with Gasteiger partial charge in [0.05, 0.1) is 30.3 Å². The van der Waals surface area contributed by atoms with Gasteiger partial charge in [0.1, 0.15) is 19.8 Å². The van der Waals surface area contributed by atoms with Gasteiger partial charge in [-0.3, -0.25) is 24.0 Å². The van der Waals surface area contributed by atoms with Crippen LogP contribution in [0.5, 0.6) is 0 Å². The standard InChI is InChI=1S/C25H41NO10/c1-18(26-12-6-7-19(26)27)17-25(4,23(32)36-14-13-33-5)11-10-24(2,3)22(31)35-16-15-34-21(30)9-8-20(28)29/h18H,6-17H2,1-5H3,(H,28,29). The number of hydrogen-bond acceptors (Lipinski definition) is 9. The zero-order valence-electron chi connectivity index (χ0n) is 22.1. The molecule has 1 aliphatic heterocycles. The molecule has 11 nitrogen and oxygen atoms in total. The minimum Gasteiger partial charge on any atom is -0.481 e. The van der Waals surface area contributed by atoms with Crippen molar-refractivity contribution in [2.75, 3.05) is 40.1 Å². The van der Waals surface area contributed by atoms with Gasteiger partial charge in [-0.25, -0.2) is 0 Å². The number of nitrogens with zero attached hydrogens (tertiary/aromatic N) is 1. The van der Waals surface area contributed by atoms with Gasteiger partial charge >= 0.3 is 23.9 Å². The highest BCUT2D eigenvalue weighted by Crippen LogP contribution is 2.38. The van der Waals surface area contributed by atoms with Crippen LogP contribution in [0.2, 0.25) is 0 Å². The summed E-state index contributed by atoms with van der Waals surface area (Å²) in [4.78, 5) is 61.6. The molecule has 0 aromatic heterocycles. The molecule has 1 heterocycles. The summed E-state index contributed by atoms with van der Waals surface area (Å²) in [6.45, 7) is 7.82. The molecule has 0 aliphatic carbocycles. The monoisotopic (exact) mass is 515 g/mol. The molecule has 0 bridgehead atoms. The maximum atomic E-state index is 13.0. The number of carboxylic acids is 1. The van der Waals surface area contributed by atoms with Crippen molar-refractivity contribution in [3.63, 3.8) is 0 Å². The van der Waals surface area contributed by atoms with E-state index in [4.69, 9.17) is 24.1 Å². The SMILES string of the molecule is COCCOC(=O)C(C)(CCC(C)(C)C(=O)OCCOC(=O)CCC(=O)O)CC(C)N1CCCC1=O. The van der Waals surface area contributed by atoms with Crippen molar-refractivity contribution in [2.45, 2.75) is 78.7 Å². The quantitative estimate of drug-likeness (QED) is 0.174. The lowest BCUT2D eigenvalue weighted by Gasteiger charge is -2.35. The molecule has 0 aromatic rings. The first-order valence-electron chi connectivity index (χ1n) is 12.3. The first kappa shape index (κ1) is 31.3. The Bertz CT molecular complexity index is 781. The van der Waals surface area contributed by atoms with Crippen molar-refractivity contribution >= 4 is 29.8 Å². The third-order valence-corrected chi connectivity index (χ3v) is 6.38. The Hall–Kier alpha value is -2.69. The molecule has 11 heteroatoms. The Kier molecular flexibility index (Phi) is 12.9. The third kappa shape index (κ3) is 10.5. The molecule has 1 amide bonds. The lowest BCUT2D eigenvalue weighted by molar-refractivity contribution is -0.163. The smallest absolute Gasteiger partial charge is 0.311 e. The van der Waals surface area contributed by atoms with E-state index >= 15 is 0 Å². The summed E-state index contributed by atoms with van der Waals surface area (Å²) in [6.07, 6.45) is 1.76. The number of amides is 1. The average molecular weight is 516 g/mol. The van der Waals surface area contributed by atoms with Gasteiger partial charge in [-0.1, -0.05) is 0 Å². The number of hydrogen-bond donors (Lipinski definition) is 1. The number of aliphatic carboxylic acids is 1. The highest BCUT2D eigenvalue weighted by Gasteiger charge is 2.41. The van der Waals surface area contributed by atoms with Crippen LogP contribution in [0, 0.1) is 10.8 Å². The number of rotatable bonds is 17. The minimum absolute atomic E-state index is 0.0742. The fourth-order valence-corrected chi connectivity index (χ4v) is 4.03. The van der Waals surface area contributed by atoms with Crippen LogP contribution in [-0.2, 0) is 42.9 Å². The first-order chi connectivity index (χ1) is 16.8. The summed E-state index contributed by atoms with van der Waals surface area (Å²) in [6, 6.07) is -0.161. The van der Waals surface area contributed by atoms with Gasteiger partial charge < -0.3 is 29.0 Å². The van der Waals surface area contributed by atoms with Crippen LogP contribution >= 0.6 is 0 Å². The van der Waals surface area contributed by atoms with Crippen LogP contribution in [0.15, 0.2) is 0 Å². The summed E-state index contributed by atoms with van der Waals surface area (Å²) < 4.78 is 20.5. The Morgan fingerprint density at radius 2 is 1.56 bits per heavy atom. The van der Waals surface area contributed by atoms with E-state index < -0.39 is 34.7 Å². The Balaban J connectivity index is 2.69. The molecule has 1 rings (SSSR count). The predicted octanol–water partition coefficient (Wildman–Crippen LogP) is 2.34. The minimum atomic E-state index is -1.10. The largest absolute Gasteiger partial charge is 0.481 e. The van der Waals surface area contributed by atoms with Gasteiger partial charge in [-0.05, 0) is 53.4 Å². The molecule has 0 radical (unpaired) electrons. The van der Waals surface area contributed by atoms with Gasteiger partial charge in [0.25, 0.3) is 0 Å². The van der Waals surface area contributed by atoms with E-state index in [1.807, 2.05) is 6.92 Å². The van der Waals surface area contributed by atoms with Gasteiger partial charge in [-0.2, -0.15) is 0 Å².